The predicted molar refractivity (Wildman–Crippen MR) is 122 cm³/mol. The van der Waals surface area contributed by atoms with Crippen LogP contribution in [0.25, 0.3) is 0 Å². The van der Waals surface area contributed by atoms with Crippen molar-refractivity contribution in [2.45, 2.75) is 46.1 Å². The molecule has 7 heteroatoms. The van der Waals surface area contributed by atoms with E-state index < -0.39 is 0 Å². The zero-order chi connectivity index (χ0) is 19.9. The van der Waals surface area contributed by atoms with Crippen molar-refractivity contribution in [2.24, 2.45) is 10.9 Å². The number of aryl methyl sites for hydroxylation is 2. The van der Waals surface area contributed by atoms with Gasteiger partial charge in [-0.3, -0.25) is 9.89 Å². The van der Waals surface area contributed by atoms with Crippen LogP contribution in [0.15, 0.2) is 22.5 Å². The molecule has 0 bridgehead atoms. The van der Waals surface area contributed by atoms with Gasteiger partial charge in [0, 0.05) is 41.9 Å². The van der Waals surface area contributed by atoms with Crippen molar-refractivity contribution in [1.82, 2.24) is 20.5 Å². The first-order valence-electron chi connectivity index (χ1n) is 10.3. The maximum Gasteiger partial charge on any atom is 0.191 e. The number of thiazole rings is 1. The van der Waals surface area contributed by atoms with Crippen LogP contribution in [0.5, 0.6) is 0 Å². The number of piperidine rings is 1. The smallest absolute Gasteiger partial charge is 0.191 e. The molecule has 1 aliphatic heterocycles. The second kappa shape index (κ2) is 10.4. The summed E-state index contributed by atoms with van der Waals surface area (Å²) in [4.78, 5) is 14.9. The van der Waals surface area contributed by atoms with E-state index in [0.29, 0.717) is 12.0 Å². The molecule has 1 fully saturated rings. The number of hydrogen-bond donors (Lipinski definition) is 2. The van der Waals surface area contributed by atoms with E-state index in [4.69, 9.17) is 4.99 Å². The first kappa shape index (κ1) is 21.3. The lowest BCUT2D eigenvalue weighted by atomic mass is 9.88. The molecule has 0 radical (unpaired) electrons. The Kier molecular flexibility index (Phi) is 7.88. The Morgan fingerprint density at radius 3 is 2.89 bits per heavy atom. The Bertz CT molecular complexity index is 733. The average molecular weight is 420 g/mol. The van der Waals surface area contributed by atoms with E-state index in [2.05, 4.69) is 65.8 Å². The molecule has 2 atom stereocenters. The van der Waals surface area contributed by atoms with Crippen LogP contribution >= 0.6 is 22.7 Å². The Hall–Kier alpha value is -1.44. The summed E-state index contributed by atoms with van der Waals surface area (Å²) in [5.41, 5.74) is 1.15. The van der Waals surface area contributed by atoms with Crippen molar-refractivity contribution >= 4 is 28.6 Å². The number of nitrogens with zero attached hydrogens (tertiary/aromatic N) is 3. The van der Waals surface area contributed by atoms with Crippen molar-refractivity contribution in [3.05, 3.63) is 38.0 Å². The maximum atomic E-state index is 4.94. The molecule has 1 saturated heterocycles. The topological polar surface area (TPSA) is 52.6 Å². The zero-order valence-corrected chi connectivity index (χ0v) is 19.1. The van der Waals surface area contributed by atoms with Crippen LogP contribution in [0, 0.1) is 19.8 Å². The Morgan fingerprint density at radius 1 is 1.36 bits per heavy atom. The minimum atomic E-state index is 0.488. The molecule has 2 aromatic heterocycles. The normalized spacial score (nSPS) is 21.1. The molecule has 2 aromatic rings. The van der Waals surface area contributed by atoms with Crippen LogP contribution in [0.1, 0.15) is 46.3 Å². The minimum Gasteiger partial charge on any atom is -0.357 e. The van der Waals surface area contributed by atoms with E-state index in [-0.39, 0.29) is 0 Å². The third-order valence-corrected chi connectivity index (χ3v) is 7.45. The van der Waals surface area contributed by atoms with Crippen LogP contribution in [0.4, 0.5) is 0 Å². The van der Waals surface area contributed by atoms with Gasteiger partial charge in [0.05, 0.1) is 10.7 Å². The Morgan fingerprint density at radius 2 is 2.21 bits per heavy atom. The number of guanidine groups is 1. The third kappa shape index (κ3) is 5.55. The summed E-state index contributed by atoms with van der Waals surface area (Å²) >= 11 is 3.67. The number of likely N-dealkylation sites (tertiary alicyclic amines) is 1. The first-order chi connectivity index (χ1) is 13.6. The highest BCUT2D eigenvalue weighted by Gasteiger charge is 2.31. The van der Waals surface area contributed by atoms with Crippen molar-refractivity contribution in [3.8, 4) is 0 Å². The zero-order valence-electron chi connectivity index (χ0n) is 17.5. The van der Waals surface area contributed by atoms with Gasteiger partial charge in [0.15, 0.2) is 5.96 Å². The van der Waals surface area contributed by atoms with E-state index >= 15 is 0 Å². The lowest BCUT2D eigenvalue weighted by Crippen LogP contribution is -2.40. The summed E-state index contributed by atoms with van der Waals surface area (Å²) in [6.07, 6.45) is 3.44. The van der Waals surface area contributed by atoms with Crippen LogP contribution in [0.3, 0.4) is 0 Å². The molecule has 28 heavy (non-hydrogen) atoms. The second-order valence-electron chi connectivity index (χ2n) is 7.49. The largest absolute Gasteiger partial charge is 0.357 e. The van der Waals surface area contributed by atoms with E-state index in [0.717, 1.165) is 37.7 Å². The highest BCUT2D eigenvalue weighted by molar-refractivity contribution is 7.11. The van der Waals surface area contributed by atoms with Crippen LogP contribution in [-0.2, 0) is 6.42 Å². The van der Waals surface area contributed by atoms with Crippen molar-refractivity contribution in [1.29, 1.82) is 0 Å². The van der Waals surface area contributed by atoms with Crippen molar-refractivity contribution in [3.63, 3.8) is 0 Å². The number of nitrogens with one attached hydrogen (secondary N) is 2. The molecular weight excluding hydrogens is 386 g/mol. The SMILES string of the molecule is CCNC(=NCC1CCCN(C)C1c1cccs1)NCCc1nc(C)c(C)s1. The van der Waals surface area contributed by atoms with Gasteiger partial charge in [0.25, 0.3) is 0 Å². The van der Waals surface area contributed by atoms with E-state index in [9.17, 15) is 0 Å². The minimum absolute atomic E-state index is 0.488. The van der Waals surface area contributed by atoms with Gasteiger partial charge in [0.2, 0.25) is 0 Å². The third-order valence-electron chi connectivity index (χ3n) is 5.37. The quantitative estimate of drug-likeness (QED) is 0.526. The Balaban J connectivity index is 1.59. The lowest BCUT2D eigenvalue weighted by Gasteiger charge is -2.38. The molecule has 5 nitrogen and oxygen atoms in total. The molecule has 3 rings (SSSR count). The van der Waals surface area contributed by atoms with E-state index in [1.165, 1.54) is 34.1 Å². The van der Waals surface area contributed by atoms with E-state index in [1.54, 1.807) is 11.3 Å². The highest BCUT2D eigenvalue weighted by atomic mass is 32.1. The molecule has 0 amide bonds. The molecule has 0 aromatic carbocycles. The van der Waals surface area contributed by atoms with Gasteiger partial charge in [-0.05, 0) is 64.6 Å². The van der Waals surface area contributed by atoms with Gasteiger partial charge >= 0.3 is 0 Å². The average Bonchev–Trinajstić information content (AvgIpc) is 3.30. The number of aliphatic imine (C=N–C) groups is 1. The summed E-state index contributed by atoms with van der Waals surface area (Å²) in [5.74, 6) is 1.49. The van der Waals surface area contributed by atoms with Crippen LogP contribution in [-0.4, -0.2) is 49.1 Å². The number of rotatable bonds is 7. The number of hydrogen-bond acceptors (Lipinski definition) is 5. The molecule has 0 saturated carbocycles. The molecular formula is C21H33N5S2. The number of aromatic nitrogens is 1. The van der Waals surface area contributed by atoms with Crippen molar-refractivity contribution in [2.75, 3.05) is 33.2 Å². The molecule has 2 unspecified atom stereocenters. The maximum absolute atomic E-state index is 4.94. The summed E-state index contributed by atoms with van der Waals surface area (Å²) in [7, 11) is 2.25. The van der Waals surface area contributed by atoms with Crippen LogP contribution < -0.4 is 10.6 Å². The lowest BCUT2D eigenvalue weighted by molar-refractivity contribution is 0.128. The molecule has 3 heterocycles. The van der Waals surface area contributed by atoms with Crippen LogP contribution in [0.2, 0.25) is 0 Å². The standard InChI is InChI=1S/C21H33N5S2/c1-5-22-21(23-11-10-19-25-15(2)16(3)28-19)24-14-17-8-6-12-26(4)20(17)18-9-7-13-27-18/h7,9,13,17,20H,5-6,8,10-12,14H2,1-4H3,(H2,22,23,24). The fourth-order valence-electron chi connectivity index (χ4n) is 3.84. The van der Waals surface area contributed by atoms with Gasteiger partial charge < -0.3 is 10.6 Å². The molecule has 2 N–H and O–H groups in total. The number of thiophene rings is 1. The molecule has 1 aliphatic rings. The van der Waals surface area contributed by atoms with Gasteiger partial charge in [-0.15, -0.1) is 22.7 Å². The van der Waals surface area contributed by atoms with Gasteiger partial charge in [-0.2, -0.15) is 0 Å². The fourth-order valence-corrected chi connectivity index (χ4v) is 5.76. The fraction of sp³-hybridized carbons (Fsp3) is 0.619. The van der Waals surface area contributed by atoms with Gasteiger partial charge in [-0.25, -0.2) is 4.98 Å². The second-order valence-corrected chi connectivity index (χ2v) is 9.76. The molecule has 0 aliphatic carbocycles. The molecule has 154 valence electrons. The predicted octanol–water partition coefficient (Wildman–Crippen LogP) is 4.00. The Labute approximate surface area is 177 Å². The van der Waals surface area contributed by atoms with Crippen molar-refractivity contribution < 1.29 is 0 Å². The summed E-state index contributed by atoms with van der Waals surface area (Å²) < 4.78 is 0. The summed E-state index contributed by atoms with van der Waals surface area (Å²) in [5, 5.41) is 10.3. The molecule has 0 spiro atoms. The first-order valence-corrected chi connectivity index (χ1v) is 12.0. The summed E-state index contributed by atoms with van der Waals surface area (Å²) in [6.45, 7) is 10.1. The van der Waals surface area contributed by atoms with Gasteiger partial charge in [0.1, 0.15) is 0 Å². The van der Waals surface area contributed by atoms with E-state index in [1.807, 2.05) is 11.3 Å². The monoisotopic (exact) mass is 419 g/mol. The highest BCUT2D eigenvalue weighted by Crippen LogP contribution is 2.37. The van der Waals surface area contributed by atoms with Gasteiger partial charge in [-0.1, -0.05) is 6.07 Å². The summed E-state index contributed by atoms with van der Waals surface area (Å²) in [6, 6.07) is 4.92.